The van der Waals surface area contributed by atoms with Gasteiger partial charge in [-0.15, -0.1) is 0 Å². The molecule has 0 radical (unpaired) electrons. The summed E-state index contributed by atoms with van der Waals surface area (Å²) in [5, 5.41) is 0.204. The number of nitrogens with zero attached hydrogens (tertiary/aromatic N) is 1. The van der Waals surface area contributed by atoms with E-state index in [-0.39, 0.29) is 5.25 Å². The van der Waals surface area contributed by atoms with Gasteiger partial charge in [0.25, 0.3) is 0 Å². The molecule has 0 spiro atoms. The van der Waals surface area contributed by atoms with Crippen LogP contribution in [-0.4, -0.2) is 35.0 Å². The molecule has 0 saturated carbocycles. The molecule has 0 N–H and O–H groups in total. The number of likely N-dealkylation sites (N-methyl/N-ethyl adjacent to an activating group) is 1. The van der Waals surface area contributed by atoms with Crippen molar-refractivity contribution in [1.29, 1.82) is 0 Å². The molecule has 76 valence electrons. The molecule has 3 heteroatoms. The van der Waals surface area contributed by atoms with E-state index in [1.165, 1.54) is 5.56 Å². The van der Waals surface area contributed by atoms with Gasteiger partial charge in [-0.2, -0.15) is 0 Å². The Bertz CT molecular complexity index is 325. The molecule has 1 aliphatic heterocycles. The van der Waals surface area contributed by atoms with E-state index in [0.717, 1.165) is 18.8 Å². The summed E-state index contributed by atoms with van der Waals surface area (Å²) < 4.78 is 11.8. The fourth-order valence-electron chi connectivity index (χ4n) is 1.77. The molecule has 2 nitrogen and oxygen atoms in total. The standard InChI is InChI=1S/C11H15NOS/c1-12-7-8-14(13)11(9-12)10-5-3-2-4-6-10/h2-6,11H,7-9H2,1H3. The predicted molar refractivity (Wildman–Crippen MR) is 59.7 cm³/mol. The van der Waals surface area contributed by atoms with Crippen molar-refractivity contribution in [3.63, 3.8) is 0 Å². The van der Waals surface area contributed by atoms with Gasteiger partial charge in [0.05, 0.1) is 5.25 Å². The largest absolute Gasteiger partial charge is 0.304 e. The van der Waals surface area contributed by atoms with Gasteiger partial charge >= 0.3 is 0 Å². The van der Waals surface area contributed by atoms with Crippen molar-refractivity contribution in [3.05, 3.63) is 35.9 Å². The summed E-state index contributed by atoms with van der Waals surface area (Å²) in [6.45, 7) is 1.87. The Morgan fingerprint density at radius 3 is 2.79 bits per heavy atom. The molecule has 1 aromatic rings. The molecule has 0 amide bonds. The Hall–Kier alpha value is -0.670. The van der Waals surface area contributed by atoms with Crippen LogP contribution in [0.3, 0.4) is 0 Å². The first-order chi connectivity index (χ1) is 6.77. The smallest absolute Gasteiger partial charge is 0.0724 e. The Balaban J connectivity index is 2.20. The van der Waals surface area contributed by atoms with E-state index in [2.05, 4.69) is 24.1 Å². The highest BCUT2D eigenvalue weighted by molar-refractivity contribution is 7.85. The summed E-state index contributed by atoms with van der Waals surface area (Å²) in [4.78, 5) is 2.25. The van der Waals surface area contributed by atoms with Crippen LogP contribution in [0, 0.1) is 0 Å². The lowest BCUT2D eigenvalue weighted by molar-refractivity contribution is 0.341. The number of hydrogen-bond acceptors (Lipinski definition) is 2. The van der Waals surface area contributed by atoms with Crippen molar-refractivity contribution < 1.29 is 4.21 Å². The van der Waals surface area contributed by atoms with Crippen molar-refractivity contribution >= 4 is 10.8 Å². The van der Waals surface area contributed by atoms with E-state index >= 15 is 0 Å². The van der Waals surface area contributed by atoms with Gasteiger partial charge in [0.1, 0.15) is 0 Å². The molecule has 0 aromatic heterocycles. The van der Waals surface area contributed by atoms with Gasteiger partial charge in [0.15, 0.2) is 0 Å². The average Bonchev–Trinajstić information content (AvgIpc) is 2.23. The van der Waals surface area contributed by atoms with Crippen LogP contribution in [0.5, 0.6) is 0 Å². The third-order valence-electron chi connectivity index (χ3n) is 2.64. The van der Waals surface area contributed by atoms with Crippen LogP contribution in [0.4, 0.5) is 0 Å². The van der Waals surface area contributed by atoms with Gasteiger partial charge in [0, 0.05) is 29.6 Å². The van der Waals surface area contributed by atoms with Crippen LogP contribution in [0.1, 0.15) is 10.8 Å². The molecular formula is C11H15NOS. The molecule has 14 heavy (non-hydrogen) atoms. The minimum Gasteiger partial charge on any atom is -0.304 e. The molecule has 2 rings (SSSR count). The molecule has 1 aromatic carbocycles. The zero-order valence-electron chi connectivity index (χ0n) is 8.35. The third-order valence-corrected chi connectivity index (χ3v) is 4.28. The van der Waals surface area contributed by atoms with Gasteiger partial charge in [0.2, 0.25) is 0 Å². The molecule has 0 aliphatic carbocycles. The van der Waals surface area contributed by atoms with Crippen LogP contribution < -0.4 is 0 Å². The van der Waals surface area contributed by atoms with Gasteiger partial charge in [-0.1, -0.05) is 30.3 Å². The van der Waals surface area contributed by atoms with Crippen molar-refractivity contribution in [2.45, 2.75) is 5.25 Å². The van der Waals surface area contributed by atoms with E-state index in [0.29, 0.717) is 0 Å². The van der Waals surface area contributed by atoms with Crippen LogP contribution in [-0.2, 0) is 10.8 Å². The minimum atomic E-state index is -0.691. The van der Waals surface area contributed by atoms with Crippen LogP contribution >= 0.6 is 0 Å². The summed E-state index contributed by atoms with van der Waals surface area (Å²) in [6.07, 6.45) is 0. The SMILES string of the molecule is CN1CCS(=O)C(c2ccccc2)C1. The van der Waals surface area contributed by atoms with Gasteiger partial charge in [-0.3, -0.25) is 4.21 Å². The maximum absolute atomic E-state index is 11.8. The second-order valence-corrected chi connectivity index (χ2v) is 5.49. The lowest BCUT2D eigenvalue weighted by Crippen LogP contribution is -2.37. The van der Waals surface area contributed by atoms with Crippen molar-refractivity contribution in [2.75, 3.05) is 25.9 Å². The summed E-state index contributed by atoms with van der Waals surface area (Å²) in [7, 11) is 1.40. The Morgan fingerprint density at radius 1 is 1.36 bits per heavy atom. The lowest BCUT2D eigenvalue weighted by atomic mass is 10.1. The monoisotopic (exact) mass is 209 g/mol. The molecule has 2 unspecified atom stereocenters. The van der Waals surface area contributed by atoms with Gasteiger partial charge < -0.3 is 4.90 Å². The zero-order valence-corrected chi connectivity index (χ0v) is 9.17. The lowest BCUT2D eigenvalue weighted by Gasteiger charge is -2.29. The van der Waals surface area contributed by atoms with Gasteiger partial charge in [-0.25, -0.2) is 0 Å². The fraction of sp³-hybridized carbons (Fsp3) is 0.455. The quantitative estimate of drug-likeness (QED) is 0.697. The predicted octanol–water partition coefficient (Wildman–Crippen LogP) is 1.42. The minimum absolute atomic E-state index is 0.204. The maximum atomic E-state index is 11.8. The highest BCUT2D eigenvalue weighted by Gasteiger charge is 2.24. The van der Waals surface area contributed by atoms with E-state index in [1.807, 2.05) is 18.2 Å². The Labute approximate surface area is 87.4 Å². The first-order valence-electron chi connectivity index (χ1n) is 4.88. The number of hydrogen-bond donors (Lipinski definition) is 0. The summed E-state index contributed by atoms with van der Waals surface area (Å²) in [5.41, 5.74) is 1.21. The molecular weight excluding hydrogens is 194 g/mol. The summed E-state index contributed by atoms with van der Waals surface area (Å²) in [6, 6.07) is 10.2. The Kier molecular flexibility index (Phi) is 2.99. The molecule has 1 fully saturated rings. The second-order valence-electron chi connectivity index (χ2n) is 3.75. The number of benzene rings is 1. The first kappa shape index (κ1) is 9.87. The third kappa shape index (κ3) is 2.04. The Morgan fingerprint density at radius 2 is 2.07 bits per heavy atom. The van der Waals surface area contributed by atoms with Crippen LogP contribution in [0.25, 0.3) is 0 Å². The average molecular weight is 209 g/mol. The second kappa shape index (κ2) is 4.24. The molecule has 1 heterocycles. The highest BCUT2D eigenvalue weighted by atomic mass is 32.2. The molecule has 2 atom stereocenters. The van der Waals surface area contributed by atoms with Gasteiger partial charge in [-0.05, 0) is 12.6 Å². The van der Waals surface area contributed by atoms with Crippen molar-refractivity contribution in [3.8, 4) is 0 Å². The first-order valence-corrected chi connectivity index (χ1v) is 6.26. The summed E-state index contributed by atoms with van der Waals surface area (Å²) >= 11 is 0. The fourth-order valence-corrected chi connectivity index (χ4v) is 3.43. The van der Waals surface area contributed by atoms with Crippen molar-refractivity contribution in [2.24, 2.45) is 0 Å². The maximum Gasteiger partial charge on any atom is 0.0724 e. The number of rotatable bonds is 1. The molecule has 1 saturated heterocycles. The van der Waals surface area contributed by atoms with E-state index in [9.17, 15) is 4.21 Å². The van der Waals surface area contributed by atoms with E-state index in [4.69, 9.17) is 0 Å². The van der Waals surface area contributed by atoms with E-state index in [1.54, 1.807) is 0 Å². The van der Waals surface area contributed by atoms with Crippen LogP contribution in [0.2, 0.25) is 0 Å². The van der Waals surface area contributed by atoms with Crippen molar-refractivity contribution in [1.82, 2.24) is 4.90 Å². The zero-order chi connectivity index (χ0) is 9.97. The normalized spacial score (nSPS) is 28.9. The van der Waals surface area contributed by atoms with E-state index < -0.39 is 10.8 Å². The topological polar surface area (TPSA) is 20.3 Å². The highest BCUT2D eigenvalue weighted by Crippen LogP contribution is 2.23. The summed E-state index contributed by atoms with van der Waals surface area (Å²) in [5.74, 6) is 0.802. The van der Waals surface area contributed by atoms with Crippen LogP contribution in [0.15, 0.2) is 30.3 Å². The molecule has 1 aliphatic rings. The molecule has 0 bridgehead atoms.